The monoisotopic (exact) mass is 321 g/mol. The van der Waals surface area contributed by atoms with Gasteiger partial charge in [-0.3, -0.25) is 9.36 Å². The van der Waals surface area contributed by atoms with Gasteiger partial charge in [0.15, 0.2) is 4.77 Å². The fourth-order valence-electron chi connectivity index (χ4n) is 2.25. The molecule has 0 saturated heterocycles. The van der Waals surface area contributed by atoms with Crippen molar-refractivity contribution in [1.82, 2.24) is 14.5 Å². The van der Waals surface area contributed by atoms with Gasteiger partial charge in [-0.05, 0) is 45.5 Å². The summed E-state index contributed by atoms with van der Waals surface area (Å²) in [5.41, 5.74) is 1.74. The molecule has 0 unspecified atom stereocenters. The molecule has 0 aliphatic carbocycles. The van der Waals surface area contributed by atoms with Gasteiger partial charge in [-0.15, -0.1) is 11.3 Å². The maximum Gasteiger partial charge on any atom is 0.263 e. The SMILES string of the molecule is Cc1nc(Cn2c(=S)[nH]c3sc(C)c(C)c3c2=O)oc1C. The van der Waals surface area contributed by atoms with Gasteiger partial charge < -0.3 is 9.40 Å². The van der Waals surface area contributed by atoms with Gasteiger partial charge in [-0.1, -0.05) is 0 Å². The molecule has 3 rings (SSSR count). The van der Waals surface area contributed by atoms with Crippen molar-refractivity contribution < 1.29 is 4.42 Å². The van der Waals surface area contributed by atoms with Gasteiger partial charge in [-0.2, -0.15) is 0 Å². The van der Waals surface area contributed by atoms with Gasteiger partial charge in [0.05, 0.1) is 11.1 Å². The molecule has 7 heteroatoms. The lowest BCUT2D eigenvalue weighted by Gasteiger charge is -2.04. The molecule has 0 spiro atoms. The van der Waals surface area contributed by atoms with Crippen molar-refractivity contribution in [2.75, 3.05) is 0 Å². The lowest BCUT2D eigenvalue weighted by atomic mass is 10.2. The topological polar surface area (TPSA) is 63.8 Å². The maximum absolute atomic E-state index is 12.7. The van der Waals surface area contributed by atoms with Crippen molar-refractivity contribution in [2.45, 2.75) is 34.2 Å². The lowest BCUT2D eigenvalue weighted by molar-refractivity contribution is 0.452. The summed E-state index contributed by atoms with van der Waals surface area (Å²) in [6, 6.07) is 0. The molecule has 0 aliphatic rings. The molecule has 0 saturated carbocycles. The molecule has 5 nitrogen and oxygen atoms in total. The molecule has 0 fully saturated rings. The van der Waals surface area contributed by atoms with E-state index in [0.29, 0.717) is 16.0 Å². The summed E-state index contributed by atoms with van der Waals surface area (Å²) in [6.45, 7) is 7.93. The molecule has 0 bridgehead atoms. The number of aromatic nitrogens is 3. The van der Waals surface area contributed by atoms with Crippen LogP contribution in [0.5, 0.6) is 0 Å². The quantitative estimate of drug-likeness (QED) is 0.735. The minimum absolute atomic E-state index is 0.0934. The Labute approximate surface area is 130 Å². The van der Waals surface area contributed by atoms with Gasteiger partial charge in [-0.25, -0.2) is 4.98 Å². The number of fused-ring (bicyclic) bond motifs is 1. The number of H-pyrrole nitrogens is 1. The highest BCUT2D eigenvalue weighted by atomic mass is 32.1. The summed E-state index contributed by atoms with van der Waals surface area (Å²) in [7, 11) is 0. The largest absolute Gasteiger partial charge is 0.444 e. The van der Waals surface area contributed by atoms with Gasteiger partial charge >= 0.3 is 0 Å². The molecule has 3 aromatic rings. The predicted octanol–water partition coefficient (Wildman–Crippen LogP) is 3.39. The average Bonchev–Trinajstić information content (AvgIpc) is 2.86. The first-order valence-corrected chi connectivity index (χ1v) is 7.76. The summed E-state index contributed by atoms with van der Waals surface area (Å²) in [5.74, 6) is 1.26. The van der Waals surface area contributed by atoms with E-state index < -0.39 is 0 Å². The number of nitrogens with one attached hydrogen (secondary N) is 1. The van der Waals surface area contributed by atoms with E-state index in [1.165, 1.54) is 4.57 Å². The number of hydrogen-bond acceptors (Lipinski definition) is 5. The molecule has 0 amide bonds. The molecule has 21 heavy (non-hydrogen) atoms. The van der Waals surface area contributed by atoms with E-state index in [0.717, 1.165) is 26.7 Å². The van der Waals surface area contributed by atoms with Crippen molar-refractivity contribution in [3.8, 4) is 0 Å². The highest BCUT2D eigenvalue weighted by molar-refractivity contribution is 7.71. The zero-order chi connectivity index (χ0) is 15.3. The number of nitrogens with zero attached hydrogens (tertiary/aromatic N) is 2. The smallest absolute Gasteiger partial charge is 0.263 e. The van der Waals surface area contributed by atoms with Crippen molar-refractivity contribution in [3.63, 3.8) is 0 Å². The fraction of sp³-hybridized carbons (Fsp3) is 0.357. The van der Waals surface area contributed by atoms with Gasteiger partial charge in [0.2, 0.25) is 5.89 Å². The third-order valence-corrected chi connectivity index (χ3v) is 5.12. The first-order valence-electron chi connectivity index (χ1n) is 6.54. The second-order valence-corrected chi connectivity index (χ2v) is 6.67. The first-order chi connectivity index (χ1) is 9.88. The van der Waals surface area contributed by atoms with Crippen LogP contribution >= 0.6 is 23.6 Å². The Balaban J connectivity index is 2.21. The van der Waals surface area contributed by atoms with E-state index >= 15 is 0 Å². The second kappa shape index (κ2) is 4.92. The number of hydrogen-bond donors (Lipinski definition) is 1. The maximum atomic E-state index is 12.7. The highest BCUT2D eigenvalue weighted by Gasteiger charge is 2.15. The van der Waals surface area contributed by atoms with E-state index in [1.54, 1.807) is 11.3 Å². The second-order valence-electron chi connectivity index (χ2n) is 5.06. The van der Waals surface area contributed by atoms with Crippen LogP contribution < -0.4 is 5.56 Å². The Morgan fingerprint density at radius 3 is 2.67 bits per heavy atom. The number of aromatic amines is 1. The number of thiophene rings is 1. The van der Waals surface area contributed by atoms with Crippen molar-refractivity contribution in [1.29, 1.82) is 0 Å². The van der Waals surface area contributed by atoms with Crippen molar-refractivity contribution in [3.05, 3.63) is 42.9 Å². The molecule has 0 aliphatic heterocycles. The van der Waals surface area contributed by atoms with E-state index in [2.05, 4.69) is 9.97 Å². The van der Waals surface area contributed by atoms with Crippen LogP contribution in [0.4, 0.5) is 0 Å². The predicted molar refractivity (Wildman–Crippen MR) is 85.8 cm³/mol. The standard InChI is InChI=1S/C14H15N3O2S2/c1-6-9(4)21-12-11(6)13(18)17(14(20)16-12)5-10-15-7(2)8(3)19-10/h5H2,1-4H3,(H,16,20). The van der Waals surface area contributed by atoms with Crippen LogP contribution in [0.15, 0.2) is 9.21 Å². The molecule has 0 radical (unpaired) electrons. The molecule has 3 heterocycles. The average molecular weight is 321 g/mol. The molecule has 0 aromatic carbocycles. The summed E-state index contributed by atoms with van der Waals surface area (Å²) in [5, 5.41) is 0.700. The van der Waals surface area contributed by atoms with Crippen LogP contribution in [0.2, 0.25) is 0 Å². The van der Waals surface area contributed by atoms with Gasteiger partial charge in [0, 0.05) is 4.88 Å². The van der Waals surface area contributed by atoms with Gasteiger partial charge in [0.25, 0.3) is 5.56 Å². The third kappa shape index (κ3) is 2.26. The third-order valence-electron chi connectivity index (χ3n) is 3.68. The zero-order valence-electron chi connectivity index (χ0n) is 12.2. The number of rotatable bonds is 2. The Morgan fingerprint density at radius 2 is 2.05 bits per heavy atom. The van der Waals surface area contributed by atoms with Crippen LogP contribution in [0.1, 0.15) is 27.8 Å². The van der Waals surface area contributed by atoms with E-state index in [4.69, 9.17) is 16.6 Å². The van der Waals surface area contributed by atoms with Crippen LogP contribution in [0.25, 0.3) is 10.2 Å². The van der Waals surface area contributed by atoms with Crippen LogP contribution in [-0.4, -0.2) is 14.5 Å². The normalized spacial score (nSPS) is 11.4. The molecule has 0 atom stereocenters. The molecule has 3 aromatic heterocycles. The Hall–Kier alpha value is -1.73. The van der Waals surface area contributed by atoms with Crippen molar-refractivity contribution >= 4 is 33.8 Å². The summed E-state index contributed by atoms with van der Waals surface area (Å²) in [6.07, 6.45) is 0. The van der Waals surface area contributed by atoms with E-state index in [-0.39, 0.29) is 12.1 Å². The number of aryl methyl sites for hydroxylation is 4. The Kier molecular flexibility index (Phi) is 3.33. The summed E-state index contributed by atoms with van der Waals surface area (Å²) in [4.78, 5) is 22.1. The minimum Gasteiger partial charge on any atom is -0.444 e. The minimum atomic E-state index is -0.0934. The highest BCUT2D eigenvalue weighted by Crippen LogP contribution is 2.25. The van der Waals surface area contributed by atoms with Crippen LogP contribution in [-0.2, 0) is 6.54 Å². The molecular weight excluding hydrogens is 306 g/mol. The molecular formula is C14H15N3O2S2. The van der Waals surface area contributed by atoms with Gasteiger partial charge in [0.1, 0.15) is 17.1 Å². The summed E-state index contributed by atoms with van der Waals surface area (Å²) < 4.78 is 7.44. The first kappa shape index (κ1) is 14.2. The van der Waals surface area contributed by atoms with Crippen LogP contribution in [0, 0.1) is 32.5 Å². The molecule has 1 N–H and O–H groups in total. The van der Waals surface area contributed by atoms with Crippen molar-refractivity contribution in [2.24, 2.45) is 0 Å². The lowest BCUT2D eigenvalue weighted by Crippen LogP contribution is -2.22. The van der Waals surface area contributed by atoms with Crippen LogP contribution in [0.3, 0.4) is 0 Å². The Bertz CT molecular complexity index is 940. The Morgan fingerprint density at radius 1 is 1.33 bits per heavy atom. The van der Waals surface area contributed by atoms with E-state index in [9.17, 15) is 4.79 Å². The zero-order valence-corrected chi connectivity index (χ0v) is 13.9. The number of oxazole rings is 1. The molecule has 110 valence electrons. The van der Waals surface area contributed by atoms with E-state index in [1.807, 2.05) is 27.7 Å². The fourth-order valence-corrected chi connectivity index (χ4v) is 3.62. The summed E-state index contributed by atoms with van der Waals surface area (Å²) >= 11 is 6.86.